The van der Waals surface area contributed by atoms with E-state index in [4.69, 9.17) is 9.97 Å². The minimum atomic E-state index is -1.60. The first-order chi connectivity index (χ1) is 16.3. The van der Waals surface area contributed by atoms with E-state index in [9.17, 15) is 8.60 Å². The molecule has 4 rings (SSSR count). The van der Waals surface area contributed by atoms with Gasteiger partial charge in [0.25, 0.3) is 0 Å². The Kier molecular flexibility index (Phi) is 7.33. The van der Waals surface area contributed by atoms with Crippen LogP contribution < -0.4 is 10.0 Å². The third kappa shape index (κ3) is 5.66. The van der Waals surface area contributed by atoms with Gasteiger partial charge in [0.15, 0.2) is 0 Å². The molecule has 1 atom stereocenters. The molecule has 0 saturated heterocycles. The van der Waals surface area contributed by atoms with Gasteiger partial charge < -0.3 is 10.0 Å². The molecule has 2 heterocycles. The Labute approximate surface area is 205 Å². The minimum Gasteiger partial charge on any atom is -0.352 e. The van der Waals surface area contributed by atoms with E-state index in [0.717, 1.165) is 26.8 Å². The monoisotopic (exact) mass is 495 g/mol. The molecule has 0 spiro atoms. The van der Waals surface area contributed by atoms with E-state index in [2.05, 4.69) is 28.9 Å². The number of anilines is 2. The molecule has 0 fully saturated rings. The van der Waals surface area contributed by atoms with Crippen LogP contribution in [0.4, 0.5) is 16.0 Å². The van der Waals surface area contributed by atoms with E-state index >= 15 is 0 Å². The number of aromatic nitrogens is 3. The summed E-state index contributed by atoms with van der Waals surface area (Å²) >= 11 is 1.61. The average molecular weight is 496 g/mol. The molecule has 2 aromatic carbocycles. The molecule has 2 N–H and O–H groups in total. The maximum atomic E-state index is 13.5. The number of nitrogens with one attached hydrogen (secondary N) is 2. The van der Waals surface area contributed by atoms with Crippen LogP contribution in [0.1, 0.15) is 38.6 Å². The van der Waals surface area contributed by atoms with Crippen molar-refractivity contribution in [2.75, 3.05) is 10.0 Å². The van der Waals surface area contributed by atoms with Crippen molar-refractivity contribution in [3.8, 4) is 21.8 Å². The van der Waals surface area contributed by atoms with Crippen LogP contribution in [-0.2, 0) is 11.0 Å². The van der Waals surface area contributed by atoms with Crippen molar-refractivity contribution in [2.45, 2.75) is 44.6 Å². The Bertz CT molecular complexity index is 1320. The summed E-state index contributed by atoms with van der Waals surface area (Å²) in [7, 11) is -1.60. The highest BCUT2D eigenvalue weighted by molar-refractivity contribution is 7.86. The summed E-state index contributed by atoms with van der Waals surface area (Å²) in [5.74, 6) is 0.402. The van der Waals surface area contributed by atoms with Gasteiger partial charge in [-0.1, -0.05) is 32.0 Å². The van der Waals surface area contributed by atoms with Crippen LogP contribution in [0, 0.1) is 5.82 Å². The molecular formula is C25H26FN5OS2. The molecule has 9 heteroatoms. The highest BCUT2D eigenvalue weighted by Gasteiger charge is 2.19. The number of nitrogens with zero attached hydrogens (tertiary/aromatic N) is 3. The predicted molar refractivity (Wildman–Crippen MR) is 138 cm³/mol. The zero-order valence-corrected chi connectivity index (χ0v) is 21.0. The molecule has 34 heavy (non-hydrogen) atoms. The lowest BCUT2D eigenvalue weighted by Crippen LogP contribution is -2.12. The maximum Gasteiger partial charge on any atom is 0.223 e. The number of thiazole rings is 1. The van der Waals surface area contributed by atoms with Gasteiger partial charge >= 0.3 is 0 Å². The Morgan fingerprint density at radius 3 is 2.53 bits per heavy atom. The van der Waals surface area contributed by atoms with Crippen LogP contribution in [0.15, 0.2) is 65.7 Å². The third-order valence-electron chi connectivity index (χ3n) is 4.80. The number of benzene rings is 2. The molecule has 2 aromatic heterocycles. The fraction of sp³-hybridized carbons (Fsp3) is 0.240. The second-order valence-electron chi connectivity index (χ2n) is 8.36. The zero-order chi connectivity index (χ0) is 24.2. The van der Waals surface area contributed by atoms with E-state index in [1.807, 2.05) is 44.2 Å². The van der Waals surface area contributed by atoms with Crippen molar-refractivity contribution < 1.29 is 8.60 Å². The number of hydrogen-bond acceptors (Lipinski definition) is 6. The van der Waals surface area contributed by atoms with Gasteiger partial charge in [0.05, 0.1) is 26.2 Å². The molecule has 0 aliphatic rings. The summed E-state index contributed by atoms with van der Waals surface area (Å²) in [5.41, 5.74) is 3.12. The molecule has 0 saturated carbocycles. The van der Waals surface area contributed by atoms with E-state index < -0.39 is 16.8 Å². The van der Waals surface area contributed by atoms with Crippen molar-refractivity contribution in [2.24, 2.45) is 0 Å². The summed E-state index contributed by atoms with van der Waals surface area (Å²) in [6.45, 7) is 8.30. The van der Waals surface area contributed by atoms with E-state index in [1.165, 1.54) is 12.1 Å². The van der Waals surface area contributed by atoms with Crippen LogP contribution in [-0.4, -0.2) is 25.2 Å². The topological polar surface area (TPSA) is 79.8 Å². The lowest BCUT2D eigenvalue weighted by atomic mass is 10.1. The number of hydrogen-bond donors (Lipinski definition) is 2. The largest absolute Gasteiger partial charge is 0.352 e. The smallest absolute Gasteiger partial charge is 0.223 e. The van der Waals surface area contributed by atoms with Crippen LogP contribution in [0.25, 0.3) is 21.8 Å². The molecule has 0 amide bonds. The van der Waals surface area contributed by atoms with E-state index in [1.54, 1.807) is 29.7 Å². The van der Waals surface area contributed by atoms with Crippen molar-refractivity contribution >= 4 is 34.0 Å². The van der Waals surface area contributed by atoms with Crippen molar-refractivity contribution in [3.63, 3.8) is 0 Å². The maximum absolute atomic E-state index is 13.5. The first kappa shape index (κ1) is 24.0. The average Bonchev–Trinajstić information content (AvgIpc) is 3.25. The van der Waals surface area contributed by atoms with Gasteiger partial charge in [0, 0.05) is 29.4 Å². The van der Waals surface area contributed by atoms with Crippen molar-refractivity contribution in [3.05, 3.63) is 71.6 Å². The SMILES string of the molecule is CC(C)Nc1nccc(-c2sc(C(C)C)nc2-c2cccc(NS(=O)c3cccc(F)c3)c2)n1. The molecule has 0 bridgehead atoms. The molecule has 0 aliphatic carbocycles. The quantitative estimate of drug-likeness (QED) is 0.292. The normalized spacial score (nSPS) is 12.2. The fourth-order valence-electron chi connectivity index (χ4n) is 3.24. The molecule has 4 aromatic rings. The summed E-state index contributed by atoms with van der Waals surface area (Å²) in [4.78, 5) is 15.3. The Hall–Kier alpha value is -3.17. The van der Waals surface area contributed by atoms with Crippen molar-refractivity contribution in [1.29, 1.82) is 0 Å². The van der Waals surface area contributed by atoms with Gasteiger partial charge in [-0.3, -0.25) is 0 Å². The lowest BCUT2D eigenvalue weighted by molar-refractivity contribution is 0.622. The molecule has 1 unspecified atom stereocenters. The molecule has 0 radical (unpaired) electrons. The number of rotatable bonds is 8. The number of halogens is 1. The van der Waals surface area contributed by atoms with E-state index in [0.29, 0.717) is 16.5 Å². The standard InChI is InChI=1S/C25H26FN5OS2/c1-15(2)24-30-22(23(33-24)21-11-12-27-25(29-21)28-16(3)4)17-7-5-9-19(13-17)31-34(32)20-10-6-8-18(26)14-20/h5-16,31H,1-4H3,(H,27,28,29). The van der Waals surface area contributed by atoms with Crippen LogP contribution in [0.2, 0.25) is 0 Å². The third-order valence-corrected chi connectivity index (χ3v) is 7.28. The molecular weight excluding hydrogens is 469 g/mol. The Morgan fingerprint density at radius 1 is 1.00 bits per heavy atom. The molecule has 0 aliphatic heterocycles. The first-order valence-corrected chi connectivity index (χ1v) is 12.9. The lowest BCUT2D eigenvalue weighted by Gasteiger charge is -2.10. The van der Waals surface area contributed by atoms with Gasteiger partial charge in [-0.05, 0) is 50.2 Å². The van der Waals surface area contributed by atoms with Gasteiger partial charge in [0.2, 0.25) is 5.95 Å². The Morgan fingerprint density at radius 2 is 1.79 bits per heavy atom. The summed E-state index contributed by atoms with van der Waals surface area (Å²) in [6.07, 6.45) is 1.74. The van der Waals surface area contributed by atoms with Gasteiger partial charge in [-0.25, -0.2) is 23.6 Å². The van der Waals surface area contributed by atoms with Crippen LogP contribution in [0.3, 0.4) is 0 Å². The second kappa shape index (κ2) is 10.4. The zero-order valence-electron chi connectivity index (χ0n) is 19.4. The Balaban J connectivity index is 1.70. The van der Waals surface area contributed by atoms with Gasteiger partial charge in [-0.15, -0.1) is 11.3 Å². The van der Waals surface area contributed by atoms with Crippen LogP contribution in [0.5, 0.6) is 0 Å². The molecule has 176 valence electrons. The van der Waals surface area contributed by atoms with Crippen LogP contribution >= 0.6 is 11.3 Å². The fourth-order valence-corrected chi connectivity index (χ4v) is 5.18. The summed E-state index contributed by atoms with van der Waals surface area (Å²) < 4.78 is 29.2. The summed E-state index contributed by atoms with van der Waals surface area (Å²) in [6, 6.07) is 15.4. The highest BCUT2D eigenvalue weighted by atomic mass is 32.2. The van der Waals surface area contributed by atoms with E-state index in [-0.39, 0.29) is 12.0 Å². The molecule has 6 nitrogen and oxygen atoms in total. The highest BCUT2D eigenvalue weighted by Crippen LogP contribution is 2.39. The van der Waals surface area contributed by atoms with Crippen molar-refractivity contribution in [1.82, 2.24) is 15.0 Å². The predicted octanol–water partition coefficient (Wildman–Crippen LogP) is 6.48. The first-order valence-electron chi connectivity index (χ1n) is 10.9. The van der Waals surface area contributed by atoms with Gasteiger partial charge in [-0.2, -0.15) is 0 Å². The van der Waals surface area contributed by atoms with Gasteiger partial charge in [0.1, 0.15) is 16.8 Å². The second-order valence-corrected chi connectivity index (χ2v) is 10.6. The minimum absolute atomic E-state index is 0.212. The summed E-state index contributed by atoms with van der Waals surface area (Å²) in [5, 5.41) is 4.25.